The Labute approximate surface area is 293 Å². The van der Waals surface area contributed by atoms with Gasteiger partial charge in [-0.25, -0.2) is 4.68 Å². The second-order valence-corrected chi connectivity index (χ2v) is 13.4. The standard InChI is InChI=1S/C31H41ClN5O12P/c1-2-7-43-8-9-44-10-11-45-12-13-46-14-15-48-23-5-3-21(4-6-23)22-17-36(18-22)28-24-16-33-37(29(24)35-31(32)34-28)30-27(39)26(38)25(49-30)19-47-20-50(40,41)42/h1,3-6,16,22,25-27,30,38-39H,7-15,17-20H2,(H2,40,41,42)/t25-,26-,27-,30-/m1/s1. The molecule has 0 unspecified atom stereocenters. The number of benzene rings is 1. The van der Waals surface area contributed by atoms with Gasteiger partial charge in [-0.15, -0.1) is 6.42 Å². The first-order valence-corrected chi connectivity index (χ1v) is 18.1. The zero-order valence-electron chi connectivity index (χ0n) is 27.2. The molecule has 5 rings (SSSR count). The minimum absolute atomic E-state index is 0.0330. The van der Waals surface area contributed by atoms with Crippen LogP contribution in [-0.4, -0.2) is 144 Å². The molecule has 2 fully saturated rings. The number of hydrogen-bond donors (Lipinski definition) is 4. The Morgan fingerprint density at radius 2 is 1.56 bits per heavy atom. The van der Waals surface area contributed by atoms with E-state index in [4.69, 9.17) is 61.0 Å². The molecule has 0 amide bonds. The summed E-state index contributed by atoms with van der Waals surface area (Å²) in [6.07, 6.45) is 0.772. The molecule has 3 aromatic rings. The molecular weight excluding hydrogens is 701 g/mol. The van der Waals surface area contributed by atoms with Crippen molar-refractivity contribution in [1.29, 1.82) is 0 Å². The van der Waals surface area contributed by atoms with E-state index in [0.717, 1.165) is 11.3 Å². The Hall–Kier alpha value is -2.95. The lowest BCUT2D eigenvalue weighted by molar-refractivity contribution is -0.0658. The lowest BCUT2D eigenvalue weighted by Crippen LogP contribution is -2.45. The van der Waals surface area contributed by atoms with Crippen molar-refractivity contribution in [2.75, 3.05) is 90.4 Å². The molecule has 0 aliphatic carbocycles. The largest absolute Gasteiger partial charge is 0.491 e. The summed E-state index contributed by atoms with van der Waals surface area (Å²) in [6, 6.07) is 7.91. The normalized spacial score (nSPS) is 21.1. The molecule has 0 spiro atoms. The number of hydrogen-bond acceptors (Lipinski definition) is 14. The van der Waals surface area contributed by atoms with Crippen molar-refractivity contribution < 1.29 is 57.7 Å². The van der Waals surface area contributed by atoms with Crippen molar-refractivity contribution in [2.45, 2.75) is 30.5 Å². The summed E-state index contributed by atoms with van der Waals surface area (Å²) < 4.78 is 50.4. The molecule has 2 aliphatic heterocycles. The van der Waals surface area contributed by atoms with Crippen LogP contribution in [0.3, 0.4) is 0 Å². The quantitative estimate of drug-likeness (QED) is 0.0518. The average Bonchev–Trinajstić information content (AvgIpc) is 3.60. The summed E-state index contributed by atoms with van der Waals surface area (Å²) in [7, 11) is -4.41. The molecule has 1 aromatic carbocycles. The van der Waals surface area contributed by atoms with Gasteiger partial charge >= 0.3 is 7.60 Å². The molecule has 4 heterocycles. The van der Waals surface area contributed by atoms with Gasteiger partial charge in [0.15, 0.2) is 11.9 Å². The molecule has 50 heavy (non-hydrogen) atoms. The predicted molar refractivity (Wildman–Crippen MR) is 178 cm³/mol. The van der Waals surface area contributed by atoms with E-state index in [-0.39, 0.29) is 24.4 Å². The van der Waals surface area contributed by atoms with Crippen LogP contribution in [0.15, 0.2) is 30.5 Å². The zero-order valence-corrected chi connectivity index (χ0v) is 28.8. The first kappa shape index (κ1) is 38.3. The molecular formula is C31H41ClN5O12P. The van der Waals surface area contributed by atoms with E-state index in [1.54, 1.807) is 0 Å². The highest BCUT2D eigenvalue weighted by molar-refractivity contribution is 7.51. The van der Waals surface area contributed by atoms with Gasteiger partial charge in [-0.3, -0.25) is 4.57 Å². The van der Waals surface area contributed by atoms with Crippen molar-refractivity contribution in [3.05, 3.63) is 41.3 Å². The molecule has 0 radical (unpaired) electrons. The molecule has 0 bridgehead atoms. The fourth-order valence-electron chi connectivity index (χ4n) is 5.38. The third kappa shape index (κ3) is 10.5. The maximum Gasteiger partial charge on any atom is 0.350 e. The number of terminal acetylenes is 1. The van der Waals surface area contributed by atoms with Crippen molar-refractivity contribution >= 4 is 36.0 Å². The SMILES string of the molecule is C#CCOCCOCCOCCOCCOc1ccc(C2CN(c3nc(Cl)nc4c3cnn4[C@@H]3O[C@H](COCP(=O)(O)O)[C@@H](O)[C@H]3O)C2)cc1. The highest BCUT2D eigenvalue weighted by Crippen LogP contribution is 2.38. The maximum atomic E-state index is 11.1. The Morgan fingerprint density at radius 3 is 2.20 bits per heavy atom. The van der Waals surface area contributed by atoms with E-state index < -0.39 is 38.5 Å². The Bertz CT molecular complexity index is 1600. The summed E-state index contributed by atoms with van der Waals surface area (Å²) in [6.45, 7) is 4.89. The van der Waals surface area contributed by atoms with Crippen LogP contribution in [0.4, 0.5) is 5.82 Å². The van der Waals surface area contributed by atoms with Crippen LogP contribution in [0.1, 0.15) is 17.7 Å². The van der Waals surface area contributed by atoms with Crippen molar-refractivity contribution in [3.63, 3.8) is 0 Å². The number of ether oxygens (including phenoxy) is 7. The van der Waals surface area contributed by atoms with Gasteiger partial charge in [0.25, 0.3) is 0 Å². The van der Waals surface area contributed by atoms with Crippen molar-refractivity contribution in [2.24, 2.45) is 0 Å². The van der Waals surface area contributed by atoms with E-state index in [2.05, 4.69) is 21.0 Å². The monoisotopic (exact) mass is 741 g/mol. The zero-order chi connectivity index (χ0) is 35.5. The molecule has 19 heteroatoms. The number of halogens is 1. The van der Waals surface area contributed by atoms with E-state index in [1.807, 2.05) is 29.2 Å². The highest BCUT2D eigenvalue weighted by Gasteiger charge is 2.45. The third-order valence-corrected chi connectivity index (χ3v) is 8.54. The van der Waals surface area contributed by atoms with Crippen LogP contribution >= 0.6 is 19.2 Å². The van der Waals surface area contributed by atoms with Crippen molar-refractivity contribution in [1.82, 2.24) is 19.7 Å². The molecule has 2 saturated heterocycles. The first-order valence-electron chi connectivity index (χ1n) is 15.9. The lowest BCUT2D eigenvalue weighted by Gasteiger charge is -2.40. The fraction of sp³-hybridized carbons (Fsp3) is 0.581. The van der Waals surface area contributed by atoms with E-state index >= 15 is 0 Å². The molecule has 274 valence electrons. The first-order chi connectivity index (χ1) is 24.1. The van der Waals surface area contributed by atoms with Gasteiger partial charge in [0, 0.05) is 19.0 Å². The van der Waals surface area contributed by atoms with Crippen LogP contribution in [0.5, 0.6) is 5.75 Å². The summed E-state index contributed by atoms with van der Waals surface area (Å²) >= 11 is 6.30. The molecule has 4 N–H and O–H groups in total. The Balaban J connectivity index is 1.04. The number of aliphatic hydroxyl groups is 2. The van der Waals surface area contributed by atoms with Crippen LogP contribution in [-0.2, 0) is 33.0 Å². The van der Waals surface area contributed by atoms with Gasteiger partial charge in [-0.05, 0) is 29.3 Å². The molecule has 17 nitrogen and oxygen atoms in total. The smallest absolute Gasteiger partial charge is 0.350 e. The summed E-state index contributed by atoms with van der Waals surface area (Å²) in [5, 5.41) is 26.0. The topological polar surface area (TPSA) is 209 Å². The van der Waals surface area contributed by atoms with E-state index in [0.29, 0.717) is 82.8 Å². The second-order valence-electron chi connectivity index (χ2n) is 11.5. The molecule has 2 aliphatic rings. The Morgan fingerprint density at radius 1 is 0.920 bits per heavy atom. The number of aromatic nitrogens is 4. The second kappa shape index (κ2) is 18.5. The van der Waals surface area contributed by atoms with Gasteiger partial charge in [0.1, 0.15) is 49.4 Å². The minimum atomic E-state index is -4.41. The minimum Gasteiger partial charge on any atom is -0.491 e. The van der Waals surface area contributed by atoms with E-state index in [1.165, 1.54) is 10.9 Å². The van der Waals surface area contributed by atoms with Crippen LogP contribution in [0.2, 0.25) is 5.28 Å². The van der Waals surface area contributed by atoms with E-state index in [9.17, 15) is 14.8 Å². The molecule has 4 atom stereocenters. The average molecular weight is 742 g/mol. The van der Waals surface area contributed by atoms with Crippen LogP contribution in [0, 0.1) is 12.3 Å². The van der Waals surface area contributed by atoms with Crippen LogP contribution < -0.4 is 9.64 Å². The highest BCUT2D eigenvalue weighted by atomic mass is 35.5. The van der Waals surface area contributed by atoms with Crippen molar-refractivity contribution in [3.8, 4) is 18.1 Å². The van der Waals surface area contributed by atoms with Gasteiger partial charge in [0.05, 0.1) is 64.4 Å². The number of rotatable bonds is 21. The lowest BCUT2D eigenvalue weighted by atomic mass is 9.91. The summed E-state index contributed by atoms with van der Waals surface area (Å²) in [4.78, 5) is 28.8. The molecule has 0 saturated carbocycles. The predicted octanol–water partition coefficient (Wildman–Crippen LogP) is 0.933. The number of nitrogens with zero attached hydrogens (tertiary/aromatic N) is 5. The molecule has 2 aromatic heterocycles. The fourth-order valence-corrected chi connectivity index (χ4v) is 5.88. The number of aliphatic hydroxyl groups excluding tert-OH is 2. The third-order valence-electron chi connectivity index (χ3n) is 7.86. The maximum absolute atomic E-state index is 11.1. The summed E-state index contributed by atoms with van der Waals surface area (Å²) in [5.41, 5.74) is 1.43. The van der Waals surface area contributed by atoms with Gasteiger partial charge in [0.2, 0.25) is 5.28 Å². The Kier molecular flexibility index (Phi) is 14.2. The summed E-state index contributed by atoms with van der Waals surface area (Å²) in [5.74, 6) is 3.94. The van der Waals surface area contributed by atoms with Gasteiger partial charge in [-0.1, -0.05) is 18.1 Å². The number of anilines is 1. The van der Waals surface area contributed by atoms with Gasteiger partial charge in [-0.2, -0.15) is 15.1 Å². The van der Waals surface area contributed by atoms with Gasteiger partial charge < -0.3 is 58.1 Å². The van der Waals surface area contributed by atoms with Crippen LogP contribution in [0.25, 0.3) is 11.0 Å². The number of fused-ring (bicyclic) bond motifs is 1.